The zero-order valence-electron chi connectivity index (χ0n) is 12.3. The van der Waals surface area contributed by atoms with Crippen LogP contribution < -0.4 is 5.56 Å². The Bertz CT molecular complexity index is 922. The van der Waals surface area contributed by atoms with Gasteiger partial charge in [0.25, 0.3) is 5.56 Å². The third-order valence-electron chi connectivity index (χ3n) is 3.37. The van der Waals surface area contributed by atoms with Crippen LogP contribution in [0.15, 0.2) is 75.2 Å². The Morgan fingerprint density at radius 3 is 2.17 bits per heavy atom. The molecule has 0 aliphatic heterocycles. The van der Waals surface area contributed by atoms with Crippen molar-refractivity contribution < 1.29 is 9.32 Å². The fourth-order valence-corrected chi connectivity index (χ4v) is 3.42. The summed E-state index contributed by atoms with van der Waals surface area (Å²) in [5.74, 6) is -0.346. The smallest absolute Gasteiger partial charge is 0.286 e. The average Bonchev–Trinajstić information content (AvgIpc) is 2.59. The molecule has 1 N–H and O–H groups in total. The minimum absolute atomic E-state index is 0.160. The van der Waals surface area contributed by atoms with Crippen LogP contribution in [0.1, 0.15) is 0 Å². The fourth-order valence-electron chi connectivity index (χ4n) is 2.22. The van der Waals surface area contributed by atoms with Crippen LogP contribution in [0.25, 0.3) is 11.3 Å². The molecule has 3 rings (SSSR count). The Hall–Kier alpha value is -2.73. The Kier molecular flexibility index (Phi) is 4.08. The molecule has 0 saturated carbocycles. The van der Waals surface area contributed by atoms with Crippen LogP contribution in [0, 0.1) is 0 Å². The molecule has 0 aliphatic rings. The van der Waals surface area contributed by atoms with Crippen LogP contribution in [-0.4, -0.2) is 19.1 Å². The van der Waals surface area contributed by atoms with Gasteiger partial charge in [-0.1, -0.05) is 48.5 Å². The fraction of sp³-hybridized carbons (Fsp3) is 0.0588. The van der Waals surface area contributed by atoms with Crippen LogP contribution in [0.4, 0.5) is 0 Å². The quantitative estimate of drug-likeness (QED) is 0.802. The van der Waals surface area contributed by atoms with E-state index in [1.165, 1.54) is 7.05 Å². The first-order valence-electron chi connectivity index (χ1n) is 6.92. The predicted molar refractivity (Wildman–Crippen MR) is 87.7 cm³/mol. The number of aromatic hydroxyl groups is 1. The lowest BCUT2D eigenvalue weighted by molar-refractivity contribution is 0.449. The van der Waals surface area contributed by atoms with Crippen LogP contribution >= 0.6 is 0 Å². The van der Waals surface area contributed by atoms with Crippen molar-refractivity contribution >= 4 is 10.8 Å². The van der Waals surface area contributed by atoms with E-state index in [0.29, 0.717) is 10.5 Å². The second-order valence-corrected chi connectivity index (χ2v) is 6.32. The Morgan fingerprint density at radius 2 is 1.57 bits per heavy atom. The Balaban J connectivity index is 2.24. The molecule has 0 aliphatic carbocycles. The van der Waals surface area contributed by atoms with E-state index in [-0.39, 0.29) is 16.3 Å². The van der Waals surface area contributed by atoms with Gasteiger partial charge < -0.3 is 5.11 Å². The molecule has 2 aromatic carbocycles. The number of aryl methyl sites for hydroxylation is 1. The lowest BCUT2D eigenvalue weighted by Crippen LogP contribution is -2.25. The summed E-state index contributed by atoms with van der Waals surface area (Å²) in [6, 6.07) is 17.5. The Labute approximate surface area is 135 Å². The van der Waals surface area contributed by atoms with Gasteiger partial charge in [-0.15, -0.1) is 0 Å². The third-order valence-corrected chi connectivity index (χ3v) is 4.81. The van der Waals surface area contributed by atoms with E-state index >= 15 is 0 Å². The molecule has 116 valence electrons. The third kappa shape index (κ3) is 2.80. The molecule has 5 nitrogen and oxygen atoms in total. The van der Waals surface area contributed by atoms with Gasteiger partial charge in [-0.05, 0) is 12.1 Å². The summed E-state index contributed by atoms with van der Waals surface area (Å²) in [4.78, 5) is 12.6. The highest BCUT2D eigenvalue weighted by molar-refractivity contribution is 7.85. The second kappa shape index (κ2) is 6.18. The molecule has 0 amide bonds. The van der Waals surface area contributed by atoms with Gasteiger partial charge in [0.2, 0.25) is 0 Å². The molecule has 0 bridgehead atoms. The molecule has 1 heterocycles. The summed E-state index contributed by atoms with van der Waals surface area (Å²) in [5, 5.41) is 14.6. The highest BCUT2D eigenvalue weighted by Gasteiger charge is 2.22. The SMILES string of the molecule is Cn1nc(-c2ccccc2)c(O)c(S(=O)c2ccccc2)c1=O. The number of benzene rings is 2. The molecule has 0 fully saturated rings. The number of hydrogen-bond acceptors (Lipinski definition) is 4. The topological polar surface area (TPSA) is 72.2 Å². The number of nitrogens with zero attached hydrogens (tertiary/aromatic N) is 2. The van der Waals surface area contributed by atoms with Crippen LogP contribution in [0.3, 0.4) is 0 Å². The first-order valence-corrected chi connectivity index (χ1v) is 8.07. The van der Waals surface area contributed by atoms with E-state index < -0.39 is 16.4 Å². The van der Waals surface area contributed by atoms with Crippen LogP contribution in [-0.2, 0) is 17.8 Å². The van der Waals surface area contributed by atoms with Crippen molar-refractivity contribution in [1.82, 2.24) is 9.78 Å². The zero-order chi connectivity index (χ0) is 16.4. The number of aromatic nitrogens is 2. The molecule has 1 unspecified atom stereocenters. The lowest BCUT2D eigenvalue weighted by atomic mass is 10.1. The molecular formula is C17H14N2O3S. The molecule has 1 aromatic heterocycles. The summed E-state index contributed by atoms with van der Waals surface area (Å²) in [6.45, 7) is 0. The first kappa shape index (κ1) is 15.2. The number of hydrogen-bond donors (Lipinski definition) is 1. The minimum atomic E-state index is -1.79. The van der Waals surface area contributed by atoms with E-state index in [9.17, 15) is 14.1 Å². The molecule has 1 atom stereocenters. The standard InChI is InChI=1S/C17H14N2O3S/c1-19-17(21)16(23(22)13-10-6-3-7-11-13)15(20)14(18-19)12-8-4-2-5-9-12/h2-11,20H,1H3. The van der Waals surface area contributed by atoms with Crippen molar-refractivity contribution in [3.63, 3.8) is 0 Å². The molecular weight excluding hydrogens is 312 g/mol. The largest absolute Gasteiger partial charge is 0.504 e. The normalized spacial score (nSPS) is 12.0. The molecule has 0 spiro atoms. The van der Waals surface area contributed by atoms with Gasteiger partial charge in [0.1, 0.15) is 5.69 Å². The summed E-state index contributed by atoms with van der Waals surface area (Å²) in [7, 11) is -0.315. The average molecular weight is 326 g/mol. The van der Waals surface area contributed by atoms with Crippen molar-refractivity contribution in [2.75, 3.05) is 0 Å². The van der Waals surface area contributed by atoms with Gasteiger partial charge in [-0.2, -0.15) is 5.10 Å². The highest BCUT2D eigenvalue weighted by Crippen LogP contribution is 2.31. The molecule has 0 saturated heterocycles. The summed E-state index contributed by atoms with van der Waals surface area (Å²) >= 11 is 0. The molecule has 3 aromatic rings. The van der Waals surface area contributed by atoms with Crippen molar-refractivity contribution in [1.29, 1.82) is 0 Å². The zero-order valence-corrected chi connectivity index (χ0v) is 13.2. The van der Waals surface area contributed by atoms with E-state index in [1.54, 1.807) is 54.6 Å². The monoisotopic (exact) mass is 326 g/mol. The molecule has 23 heavy (non-hydrogen) atoms. The maximum Gasteiger partial charge on any atom is 0.286 e. The summed E-state index contributed by atoms with van der Waals surface area (Å²) < 4.78 is 13.8. The van der Waals surface area contributed by atoms with E-state index in [1.807, 2.05) is 6.07 Å². The van der Waals surface area contributed by atoms with Crippen molar-refractivity contribution in [2.45, 2.75) is 9.79 Å². The molecule has 0 radical (unpaired) electrons. The highest BCUT2D eigenvalue weighted by atomic mass is 32.2. The minimum Gasteiger partial charge on any atom is -0.504 e. The molecule has 6 heteroatoms. The maximum atomic E-state index is 12.7. The van der Waals surface area contributed by atoms with E-state index in [0.717, 1.165) is 4.68 Å². The van der Waals surface area contributed by atoms with Gasteiger partial charge in [0.15, 0.2) is 10.6 Å². The van der Waals surface area contributed by atoms with E-state index in [4.69, 9.17) is 0 Å². The van der Waals surface area contributed by atoms with Gasteiger partial charge >= 0.3 is 0 Å². The number of rotatable bonds is 3. The van der Waals surface area contributed by atoms with Crippen LogP contribution in [0.2, 0.25) is 0 Å². The predicted octanol–water partition coefficient (Wildman–Crippen LogP) is 2.32. The van der Waals surface area contributed by atoms with Crippen LogP contribution in [0.5, 0.6) is 5.75 Å². The second-order valence-electron chi connectivity index (χ2n) is 4.90. The first-order chi connectivity index (χ1) is 11.1. The van der Waals surface area contributed by atoms with Gasteiger partial charge in [-0.3, -0.25) is 4.79 Å². The van der Waals surface area contributed by atoms with Gasteiger partial charge in [-0.25, -0.2) is 8.89 Å². The van der Waals surface area contributed by atoms with Gasteiger partial charge in [0, 0.05) is 17.5 Å². The summed E-state index contributed by atoms with van der Waals surface area (Å²) in [6.07, 6.45) is 0. The Morgan fingerprint density at radius 1 is 1.00 bits per heavy atom. The van der Waals surface area contributed by atoms with Crippen molar-refractivity contribution in [2.24, 2.45) is 7.05 Å². The summed E-state index contributed by atoms with van der Waals surface area (Å²) in [5.41, 5.74) is 0.295. The van der Waals surface area contributed by atoms with Crippen molar-refractivity contribution in [3.8, 4) is 17.0 Å². The van der Waals surface area contributed by atoms with Gasteiger partial charge in [0.05, 0.1) is 10.8 Å². The van der Waals surface area contributed by atoms with E-state index in [2.05, 4.69) is 5.10 Å². The lowest BCUT2D eigenvalue weighted by Gasteiger charge is -2.10. The van der Waals surface area contributed by atoms with Crippen molar-refractivity contribution in [3.05, 3.63) is 71.0 Å². The maximum absolute atomic E-state index is 12.7.